The number of benzene rings is 1. The second kappa shape index (κ2) is 6.46. The van der Waals surface area contributed by atoms with Crippen molar-refractivity contribution in [2.45, 2.75) is 13.0 Å². The summed E-state index contributed by atoms with van der Waals surface area (Å²) in [5.41, 5.74) is 0.957. The van der Waals surface area contributed by atoms with Gasteiger partial charge in [0, 0.05) is 10.6 Å². The van der Waals surface area contributed by atoms with Crippen LogP contribution in [0.5, 0.6) is 5.75 Å². The third-order valence-corrected chi connectivity index (χ3v) is 3.45. The van der Waals surface area contributed by atoms with E-state index in [0.717, 1.165) is 23.6 Å². The van der Waals surface area contributed by atoms with Crippen LogP contribution in [0.1, 0.15) is 24.3 Å². The van der Waals surface area contributed by atoms with E-state index in [2.05, 4.69) is 21.2 Å². The molecule has 1 unspecified atom stereocenters. The van der Waals surface area contributed by atoms with Crippen LogP contribution in [0.15, 0.2) is 39.4 Å². The molecular weight excluding hydrogens is 330 g/mol. The maximum absolute atomic E-state index is 6.09. The van der Waals surface area contributed by atoms with E-state index >= 15 is 0 Å². The van der Waals surface area contributed by atoms with Crippen LogP contribution in [0.3, 0.4) is 0 Å². The van der Waals surface area contributed by atoms with Gasteiger partial charge in [-0.05, 0) is 52.8 Å². The molecule has 0 radical (unpaired) electrons. The quantitative estimate of drug-likeness (QED) is 0.873. The standard InChI is InChI=1S/C14H15BrClNO2/c1-3-17-14(12-6-7-13(15)19-12)10-8-9(16)4-5-11(10)18-2/h4-8,14,17H,3H2,1-2H3. The van der Waals surface area contributed by atoms with Gasteiger partial charge in [-0.15, -0.1) is 0 Å². The number of ether oxygens (including phenoxy) is 1. The minimum Gasteiger partial charge on any atom is -0.496 e. The Hall–Kier alpha value is -0.970. The van der Waals surface area contributed by atoms with E-state index in [4.69, 9.17) is 20.8 Å². The molecule has 102 valence electrons. The lowest BCUT2D eigenvalue weighted by atomic mass is 10.0. The lowest BCUT2D eigenvalue weighted by Gasteiger charge is -2.19. The van der Waals surface area contributed by atoms with Crippen LogP contribution in [0.4, 0.5) is 0 Å². The van der Waals surface area contributed by atoms with E-state index in [1.807, 2.05) is 37.3 Å². The van der Waals surface area contributed by atoms with Gasteiger partial charge < -0.3 is 14.5 Å². The number of furan rings is 1. The summed E-state index contributed by atoms with van der Waals surface area (Å²) < 4.78 is 11.8. The lowest BCUT2D eigenvalue weighted by Crippen LogP contribution is -2.22. The lowest BCUT2D eigenvalue weighted by molar-refractivity contribution is 0.391. The highest BCUT2D eigenvalue weighted by Gasteiger charge is 2.21. The van der Waals surface area contributed by atoms with Gasteiger partial charge in [0.2, 0.25) is 0 Å². The van der Waals surface area contributed by atoms with Crippen molar-refractivity contribution in [2.75, 3.05) is 13.7 Å². The van der Waals surface area contributed by atoms with Crippen molar-refractivity contribution in [3.8, 4) is 5.75 Å². The van der Waals surface area contributed by atoms with E-state index in [1.165, 1.54) is 0 Å². The van der Waals surface area contributed by atoms with Crippen LogP contribution < -0.4 is 10.1 Å². The maximum atomic E-state index is 6.09. The number of hydrogen-bond acceptors (Lipinski definition) is 3. The van der Waals surface area contributed by atoms with Crippen molar-refractivity contribution in [2.24, 2.45) is 0 Å². The van der Waals surface area contributed by atoms with Crippen LogP contribution in [0.25, 0.3) is 0 Å². The summed E-state index contributed by atoms with van der Waals surface area (Å²) >= 11 is 9.41. The molecule has 0 saturated heterocycles. The zero-order chi connectivity index (χ0) is 13.8. The van der Waals surface area contributed by atoms with Crippen LogP contribution in [0, 0.1) is 0 Å². The van der Waals surface area contributed by atoms with Crippen molar-refractivity contribution in [1.29, 1.82) is 0 Å². The van der Waals surface area contributed by atoms with Crippen molar-refractivity contribution in [3.63, 3.8) is 0 Å². The summed E-state index contributed by atoms with van der Waals surface area (Å²) in [4.78, 5) is 0. The van der Waals surface area contributed by atoms with Crippen LogP contribution in [-0.4, -0.2) is 13.7 Å². The molecule has 2 rings (SSSR count). The SMILES string of the molecule is CCNC(c1ccc(Br)o1)c1cc(Cl)ccc1OC. The zero-order valence-electron chi connectivity index (χ0n) is 10.7. The fourth-order valence-electron chi connectivity index (χ4n) is 1.98. The van der Waals surface area contributed by atoms with Crippen molar-refractivity contribution in [1.82, 2.24) is 5.32 Å². The monoisotopic (exact) mass is 343 g/mol. The van der Waals surface area contributed by atoms with Crippen molar-refractivity contribution < 1.29 is 9.15 Å². The third kappa shape index (κ3) is 3.32. The first-order chi connectivity index (χ1) is 9.15. The Kier molecular flexibility index (Phi) is 4.91. The smallest absolute Gasteiger partial charge is 0.169 e. The molecule has 5 heteroatoms. The Morgan fingerprint density at radius 2 is 2.16 bits per heavy atom. The molecule has 1 heterocycles. The third-order valence-electron chi connectivity index (χ3n) is 2.79. The fourth-order valence-corrected chi connectivity index (χ4v) is 2.48. The summed E-state index contributed by atoms with van der Waals surface area (Å²) in [5, 5.41) is 4.05. The molecule has 0 fully saturated rings. The second-order valence-electron chi connectivity index (χ2n) is 4.02. The summed E-state index contributed by atoms with van der Waals surface area (Å²) in [6.07, 6.45) is 0. The molecule has 0 spiro atoms. The highest BCUT2D eigenvalue weighted by atomic mass is 79.9. The highest BCUT2D eigenvalue weighted by Crippen LogP contribution is 2.33. The van der Waals surface area contributed by atoms with Gasteiger partial charge in [0.05, 0.1) is 13.2 Å². The molecule has 1 aromatic carbocycles. The summed E-state index contributed by atoms with van der Waals surface area (Å²) in [5.74, 6) is 1.59. The number of methoxy groups -OCH3 is 1. The van der Waals surface area contributed by atoms with Crippen molar-refractivity contribution in [3.05, 3.63) is 51.3 Å². The van der Waals surface area contributed by atoms with E-state index in [-0.39, 0.29) is 6.04 Å². The van der Waals surface area contributed by atoms with Gasteiger partial charge in [0.15, 0.2) is 4.67 Å². The fraction of sp³-hybridized carbons (Fsp3) is 0.286. The first kappa shape index (κ1) is 14.4. The summed E-state index contributed by atoms with van der Waals surface area (Å²) in [6, 6.07) is 9.27. The molecule has 0 aliphatic heterocycles. The molecular formula is C14H15BrClNO2. The van der Waals surface area contributed by atoms with Crippen LogP contribution in [-0.2, 0) is 0 Å². The molecule has 0 bridgehead atoms. The summed E-state index contributed by atoms with van der Waals surface area (Å²) in [6.45, 7) is 2.85. The molecule has 19 heavy (non-hydrogen) atoms. The molecule has 2 aromatic rings. The predicted octanol–water partition coefficient (Wildman–Crippen LogP) is 4.40. The Morgan fingerprint density at radius 1 is 1.37 bits per heavy atom. The molecule has 0 saturated carbocycles. The van der Waals surface area contributed by atoms with Gasteiger partial charge in [0.25, 0.3) is 0 Å². The van der Waals surface area contributed by atoms with Gasteiger partial charge in [-0.1, -0.05) is 18.5 Å². The normalized spacial score (nSPS) is 12.4. The molecule has 0 amide bonds. The van der Waals surface area contributed by atoms with Gasteiger partial charge in [-0.3, -0.25) is 0 Å². The minimum atomic E-state index is -0.0926. The van der Waals surface area contributed by atoms with E-state index in [9.17, 15) is 0 Å². The number of rotatable bonds is 5. The zero-order valence-corrected chi connectivity index (χ0v) is 13.1. The number of hydrogen-bond donors (Lipinski definition) is 1. The van der Waals surface area contributed by atoms with Gasteiger partial charge in [-0.2, -0.15) is 0 Å². The predicted molar refractivity (Wildman–Crippen MR) is 79.9 cm³/mol. The molecule has 1 aromatic heterocycles. The maximum Gasteiger partial charge on any atom is 0.169 e. The highest BCUT2D eigenvalue weighted by molar-refractivity contribution is 9.10. The van der Waals surface area contributed by atoms with E-state index in [1.54, 1.807) is 7.11 Å². The Balaban J connectivity index is 2.46. The molecule has 1 N–H and O–H groups in total. The van der Waals surface area contributed by atoms with E-state index < -0.39 is 0 Å². The number of halogens is 2. The Bertz CT molecular complexity index is 556. The Labute approximate surface area is 126 Å². The van der Waals surface area contributed by atoms with Gasteiger partial charge in [0.1, 0.15) is 11.5 Å². The van der Waals surface area contributed by atoms with Gasteiger partial charge >= 0.3 is 0 Å². The Morgan fingerprint density at radius 3 is 2.74 bits per heavy atom. The number of nitrogens with one attached hydrogen (secondary N) is 1. The topological polar surface area (TPSA) is 34.4 Å². The first-order valence-corrected chi connectivity index (χ1v) is 7.14. The minimum absolute atomic E-state index is 0.0926. The molecule has 0 aliphatic rings. The van der Waals surface area contributed by atoms with Crippen LogP contribution in [0.2, 0.25) is 5.02 Å². The molecule has 1 atom stereocenters. The largest absolute Gasteiger partial charge is 0.496 e. The van der Waals surface area contributed by atoms with Gasteiger partial charge in [-0.25, -0.2) is 0 Å². The molecule has 0 aliphatic carbocycles. The second-order valence-corrected chi connectivity index (χ2v) is 5.24. The average Bonchev–Trinajstić information content (AvgIpc) is 2.82. The average molecular weight is 345 g/mol. The molecule has 3 nitrogen and oxygen atoms in total. The first-order valence-electron chi connectivity index (χ1n) is 5.97. The van der Waals surface area contributed by atoms with Crippen molar-refractivity contribution >= 4 is 27.5 Å². The van der Waals surface area contributed by atoms with Crippen LogP contribution >= 0.6 is 27.5 Å². The van der Waals surface area contributed by atoms with E-state index in [0.29, 0.717) is 9.69 Å². The summed E-state index contributed by atoms with van der Waals surface area (Å²) in [7, 11) is 1.65.